The van der Waals surface area contributed by atoms with Crippen LogP contribution in [0.4, 0.5) is 17.6 Å². The van der Waals surface area contributed by atoms with Crippen molar-refractivity contribution in [3.63, 3.8) is 0 Å². The number of carbonyl (C=O) groups excluding carboxylic acids is 1. The molecule has 1 aromatic carbocycles. The molecular formula is C17H19F4NO. The number of alkyl halides is 4. The molecule has 0 aromatic heterocycles. The van der Waals surface area contributed by atoms with Crippen LogP contribution >= 0.6 is 0 Å². The Morgan fingerprint density at radius 3 is 2.30 bits per heavy atom. The van der Waals surface area contributed by atoms with E-state index < -0.39 is 30.8 Å². The number of hydrogen-bond acceptors (Lipinski definition) is 1. The second-order valence-electron chi connectivity index (χ2n) is 6.95. The molecule has 1 heterocycles. The van der Waals surface area contributed by atoms with Gasteiger partial charge in [-0.25, -0.2) is 0 Å². The molecule has 2 nitrogen and oxygen atoms in total. The molecule has 1 saturated heterocycles. The van der Waals surface area contributed by atoms with Crippen molar-refractivity contribution in [2.75, 3.05) is 13.1 Å². The first-order valence-electron chi connectivity index (χ1n) is 7.77. The number of likely N-dealkylation sites (tertiary alicyclic amines) is 1. The van der Waals surface area contributed by atoms with Crippen molar-refractivity contribution in [2.45, 2.75) is 38.0 Å². The first kappa shape index (κ1) is 16.3. The SMILES string of the molecule is CC(C)[C@H]1C[C@@H]1c1cccc(C(=O)N2CC(F)(F)C(F)(F)C2)c1. The minimum atomic E-state index is -4.17. The second kappa shape index (κ2) is 5.21. The minimum Gasteiger partial charge on any atom is -0.326 e. The molecular weight excluding hydrogens is 310 g/mol. The average molecular weight is 329 g/mol. The van der Waals surface area contributed by atoms with Gasteiger partial charge in [-0.3, -0.25) is 4.79 Å². The number of rotatable bonds is 3. The van der Waals surface area contributed by atoms with Gasteiger partial charge in [-0.1, -0.05) is 26.0 Å². The summed E-state index contributed by atoms with van der Waals surface area (Å²) in [5.74, 6) is -7.63. The number of amides is 1. The smallest absolute Gasteiger partial charge is 0.326 e. The maximum atomic E-state index is 13.3. The Morgan fingerprint density at radius 2 is 1.78 bits per heavy atom. The van der Waals surface area contributed by atoms with Gasteiger partial charge in [0, 0.05) is 5.56 Å². The normalized spacial score (nSPS) is 28.2. The summed E-state index contributed by atoms with van der Waals surface area (Å²) in [4.78, 5) is 12.8. The van der Waals surface area contributed by atoms with E-state index in [2.05, 4.69) is 13.8 Å². The Labute approximate surface area is 132 Å². The van der Waals surface area contributed by atoms with E-state index >= 15 is 0 Å². The third-order valence-corrected chi connectivity index (χ3v) is 4.86. The Morgan fingerprint density at radius 1 is 1.17 bits per heavy atom. The lowest BCUT2D eigenvalue weighted by molar-refractivity contribution is -0.172. The summed E-state index contributed by atoms with van der Waals surface area (Å²) < 4.78 is 53.0. The first-order chi connectivity index (χ1) is 10.6. The maximum absolute atomic E-state index is 13.3. The summed E-state index contributed by atoms with van der Waals surface area (Å²) in [7, 11) is 0. The van der Waals surface area contributed by atoms with Crippen LogP contribution in [0.3, 0.4) is 0 Å². The molecule has 0 bridgehead atoms. The molecule has 0 unspecified atom stereocenters. The van der Waals surface area contributed by atoms with Crippen molar-refractivity contribution in [3.05, 3.63) is 35.4 Å². The number of halogens is 4. The fraction of sp³-hybridized carbons (Fsp3) is 0.588. The van der Waals surface area contributed by atoms with Crippen molar-refractivity contribution >= 4 is 5.91 Å². The zero-order valence-electron chi connectivity index (χ0n) is 13.0. The molecule has 23 heavy (non-hydrogen) atoms. The zero-order chi connectivity index (χ0) is 17.0. The van der Waals surface area contributed by atoms with Gasteiger partial charge in [0.2, 0.25) is 0 Å². The van der Waals surface area contributed by atoms with E-state index in [4.69, 9.17) is 0 Å². The number of hydrogen-bond donors (Lipinski definition) is 0. The third kappa shape index (κ3) is 2.83. The van der Waals surface area contributed by atoms with E-state index in [-0.39, 0.29) is 5.56 Å². The van der Waals surface area contributed by atoms with Gasteiger partial charge in [-0.15, -0.1) is 0 Å². The van der Waals surface area contributed by atoms with Gasteiger partial charge >= 0.3 is 11.8 Å². The monoisotopic (exact) mass is 329 g/mol. The molecule has 1 amide bonds. The highest BCUT2D eigenvalue weighted by molar-refractivity contribution is 5.94. The van der Waals surface area contributed by atoms with Gasteiger partial charge in [0.15, 0.2) is 0 Å². The summed E-state index contributed by atoms with van der Waals surface area (Å²) in [6, 6.07) is 6.73. The molecule has 1 aromatic rings. The van der Waals surface area contributed by atoms with Crippen LogP contribution in [0.5, 0.6) is 0 Å². The molecule has 0 N–H and O–H groups in total. The molecule has 2 fully saturated rings. The Kier molecular flexibility index (Phi) is 3.69. The van der Waals surface area contributed by atoms with Crippen molar-refractivity contribution in [1.29, 1.82) is 0 Å². The predicted octanol–water partition coefficient (Wildman–Crippen LogP) is 4.17. The second-order valence-corrected chi connectivity index (χ2v) is 6.95. The van der Waals surface area contributed by atoms with Crippen molar-refractivity contribution in [2.24, 2.45) is 11.8 Å². The number of nitrogens with zero attached hydrogens (tertiary/aromatic N) is 1. The lowest BCUT2D eigenvalue weighted by Crippen LogP contribution is -2.38. The lowest BCUT2D eigenvalue weighted by Gasteiger charge is -2.15. The van der Waals surface area contributed by atoms with Crippen LogP contribution in [0, 0.1) is 11.8 Å². The van der Waals surface area contributed by atoms with Crippen LogP contribution in [0.25, 0.3) is 0 Å². The predicted molar refractivity (Wildman–Crippen MR) is 77.9 cm³/mol. The number of carbonyl (C=O) groups is 1. The van der Waals surface area contributed by atoms with Crippen LogP contribution in [-0.2, 0) is 0 Å². The van der Waals surface area contributed by atoms with Crippen LogP contribution in [0.2, 0.25) is 0 Å². The standard InChI is InChI=1S/C17H19F4NO/c1-10(2)13-7-14(13)11-4-3-5-12(6-11)15(23)22-8-16(18,19)17(20,21)9-22/h3-6,10,13-14H,7-9H2,1-2H3/t13-,14-/m1/s1. The van der Waals surface area contributed by atoms with E-state index in [9.17, 15) is 22.4 Å². The van der Waals surface area contributed by atoms with Crippen molar-refractivity contribution in [1.82, 2.24) is 4.90 Å². The Balaban J connectivity index is 1.77. The molecule has 2 aliphatic rings. The summed E-state index contributed by atoms with van der Waals surface area (Å²) in [5, 5.41) is 0. The molecule has 0 radical (unpaired) electrons. The molecule has 126 valence electrons. The van der Waals surface area contributed by atoms with Gasteiger partial charge in [-0.05, 0) is 41.9 Å². The van der Waals surface area contributed by atoms with Crippen LogP contribution in [-0.4, -0.2) is 35.7 Å². The molecule has 1 aliphatic heterocycles. The van der Waals surface area contributed by atoms with E-state index in [0.29, 0.717) is 22.7 Å². The van der Waals surface area contributed by atoms with Gasteiger partial charge in [0.1, 0.15) is 0 Å². The van der Waals surface area contributed by atoms with Crippen molar-refractivity contribution in [3.8, 4) is 0 Å². The average Bonchev–Trinajstić information content (AvgIpc) is 3.22. The highest BCUT2D eigenvalue weighted by Gasteiger charge is 2.63. The summed E-state index contributed by atoms with van der Waals surface area (Å²) in [6.07, 6.45) is 1.04. The fourth-order valence-electron chi connectivity index (χ4n) is 3.33. The van der Waals surface area contributed by atoms with Crippen LogP contribution < -0.4 is 0 Å². The summed E-state index contributed by atoms with van der Waals surface area (Å²) in [5.41, 5.74) is 1.18. The molecule has 1 saturated carbocycles. The molecule has 0 spiro atoms. The van der Waals surface area contributed by atoms with Crippen molar-refractivity contribution < 1.29 is 22.4 Å². The van der Waals surface area contributed by atoms with E-state index in [1.54, 1.807) is 12.1 Å². The molecule has 2 atom stereocenters. The lowest BCUT2D eigenvalue weighted by atomic mass is 10.0. The largest absolute Gasteiger partial charge is 0.329 e. The summed E-state index contributed by atoms with van der Waals surface area (Å²) >= 11 is 0. The van der Waals surface area contributed by atoms with E-state index in [0.717, 1.165) is 12.0 Å². The first-order valence-corrected chi connectivity index (χ1v) is 7.77. The minimum absolute atomic E-state index is 0.199. The summed E-state index contributed by atoms with van der Waals surface area (Å²) in [6.45, 7) is 1.80. The quantitative estimate of drug-likeness (QED) is 0.762. The fourth-order valence-corrected chi connectivity index (χ4v) is 3.33. The highest BCUT2D eigenvalue weighted by Crippen LogP contribution is 2.51. The zero-order valence-corrected chi connectivity index (χ0v) is 13.0. The number of benzene rings is 1. The van der Waals surface area contributed by atoms with Gasteiger partial charge in [-0.2, -0.15) is 17.6 Å². The molecule has 1 aliphatic carbocycles. The van der Waals surface area contributed by atoms with Gasteiger partial charge < -0.3 is 4.90 Å². The Hall–Kier alpha value is -1.59. The molecule has 3 rings (SSSR count). The third-order valence-electron chi connectivity index (χ3n) is 4.86. The van der Waals surface area contributed by atoms with Gasteiger partial charge in [0.25, 0.3) is 5.91 Å². The highest BCUT2D eigenvalue weighted by atomic mass is 19.3. The van der Waals surface area contributed by atoms with Gasteiger partial charge in [0.05, 0.1) is 13.1 Å². The molecule has 6 heteroatoms. The van der Waals surface area contributed by atoms with E-state index in [1.807, 2.05) is 6.07 Å². The maximum Gasteiger partial charge on any atom is 0.329 e. The van der Waals surface area contributed by atoms with Crippen LogP contribution in [0.15, 0.2) is 24.3 Å². The Bertz CT molecular complexity index is 613. The topological polar surface area (TPSA) is 20.3 Å². The van der Waals surface area contributed by atoms with E-state index in [1.165, 1.54) is 6.07 Å². The van der Waals surface area contributed by atoms with Crippen LogP contribution in [0.1, 0.15) is 42.1 Å².